The van der Waals surface area contributed by atoms with Crippen LogP contribution >= 0.6 is 0 Å². The molecule has 2 rings (SSSR count). The molecule has 0 N–H and O–H groups in total. The normalized spacial score (nSPS) is 19.0. The van der Waals surface area contributed by atoms with E-state index in [0.717, 1.165) is 37.4 Å². The van der Waals surface area contributed by atoms with Gasteiger partial charge in [-0.1, -0.05) is 0 Å². The fraction of sp³-hybridized carbons (Fsp3) is 0.600. The zero-order chi connectivity index (χ0) is 14.5. The van der Waals surface area contributed by atoms with Gasteiger partial charge in [-0.25, -0.2) is 9.78 Å². The molecule has 1 unspecified atom stereocenters. The monoisotopic (exact) mass is 278 g/mol. The minimum Gasteiger partial charge on any atom is -0.487 e. The highest BCUT2D eigenvalue weighted by Crippen LogP contribution is 2.31. The predicted molar refractivity (Wildman–Crippen MR) is 77.0 cm³/mol. The molecule has 0 saturated carbocycles. The fourth-order valence-corrected chi connectivity index (χ4v) is 2.51. The first-order chi connectivity index (χ1) is 9.63. The average Bonchev–Trinajstić information content (AvgIpc) is 2.46. The lowest BCUT2D eigenvalue weighted by Gasteiger charge is -2.35. The van der Waals surface area contributed by atoms with E-state index in [1.165, 1.54) is 7.11 Å². The van der Waals surface area contributed by atoms with Gasteiger partial charge in [0.1, 0.15) is 6.04 Å². The average molecular weight is 278 g/mol. The Morgan fingerprint density at radius 2 is 2.25 bits per heavy atom. The number of hydrogen-bond acceptors (Lipinski definition) is 5. The molecule has 1 saturated heterocycles. The summed E-state index contributed by atoms with van der Waals surface area (Å²) in [6.45, 7) is 4.75. The number of methoxy groups -OCH3 is 1. The Hall–Kier alpha value is -1.78. The zero-order valence-electron chi connectivity index (χ0n) is 12.3. The third kappa shape index (κ3) is 3.21. The number of aromatic nitrogens is 1. The van der Waals surface area contributed by atoms with Crippen molar-refractivity contribution >= 4 is 11.8 Å². The van der Waals surface area contributed by atoms with E-state index in [1.54, 1.807) is 6.20 Å². The molecule has 1 aliphatic heterocycles. The van der Waals surface area contributed by atoms with Gasteiger partial charge < -0.3 is 14.4 Å². The van der Waals surface area contributed by atoms with Crippen molar-refractivity contribution in [2.75, 3.05) is 18.6 Å². The third-order valence-corrected chi connectivity index (χ3v) is 3.36. The van der Waals surface area contributed by atoms with Crippen LogP contribution in [0, 0.1) is 0 Å². The second kappa shape index (κ2) is 6.59. The van der Waals surface area contributed by atoms with Crippen molar-refractivity contribution in [1.29, 1.82) is 0 Å². The molecule has 0 aliphatic carbocycles. The van der Waals surface area contributed by atoms with Crippen molar-refractivity contribution < 1.29 is 14.3 Å². The maximum atomic E-state index is 12.0. The van der Waals surface area contributed by atoms with E-state index in [4.69, 9.17) is 9.47 Å². The van der Waals surface area contributed by atoms with E-state index in [1.807, 2.05) is 30.9 Å². The summed E-state index contributed by atoms with van der Waals surface area (Å²) in [5.41, 5.74) is 0. The molecule has 1 fully saturated rings. The molecule has 5 heteroatoms. The van der Waals surface area contributed by atoms with E-state index in [2.05, 4.69) is 4.98 Å². The van der Waals surface area contributed by atoms with Gasteiger partial charge in [0.25, 0.3) is 0 Å². The molecule has 1 aromatic rings. The Morgan fingerprint density at radius 1 is 1.45 bits per heavy atom. The molecule has 110 valence electrons. The van der Waals surface area contributed by atoms with Gasteiger partial charge in [0.05, 0.1) is 13.2 Å². The van der Waals surface area contributed by atoms with Crippen LogP contribution in [0.3, 0.4) is 0 Å². The molecule has 1 aliphatic rings. The molecule has 1 atom stereocenters. The van der Waals surface area contributed by atoms with Gasteiger partial charge in [-0.3, -0.25) is 0 Å². The molecule has 2 heterocycles. The maximum absolute atomic E-state index is 12.0. The second-order valence-corrected chi connectivity index (χ2v) is 5.22. The van der Waals surface area contributed by atoms with Crippen LogP contribution in [0.4, 0.5) is 5.82 Å². The summed E-state index contributed by atoms with van der Waals surface area (Å²) in [5, 5.41) is 0. The van der Waals surface area contributed by atoms with Gasteiger partial charge in [-0.2, -0.15) is 0 Å². The lowest BCUT2D eigenvalue weighted by atomic mass is 10.0. The molecule has 0 aromatic carbocycles. The topological polar surface area (TPSA) is 51.7 Å². The van der Waals surface area contributed by atoms with Gasteiger partial charge >= 0.3 is 5.97 Å². The van der Waals surface area contributed by atoms with Crippen molar-refractivity contribution in [3.63, 3.8) is 0 Å². The van der Waals surface area contributed by atoms with E-state index in [-0.39, 0.29) is 18.1 Å². The van der Waals surface area contributed by atoms with Crippen LogP contribution in [0.5, 0.6) is 5.75 Å². The number of rotatable bonds is 4. The summed E-state index contributed by atoms with van der Waals surface area (Å²) >= 11 is 0. The van der Waals surface area contributed by atoms with Crippen LogP contribution in [0.15, 0.2) is 18.3 Å². The number of piperidine rings is 1. The molecule has 1 aromatic heterocycles. The molecule has 0 amide bonds. The third-order valence-electron chi connectivity index (χ3n) is 3.36. The molecule has 5 nitrogen and oxygen atoms in total. The van der Waals surface area contributed by atoms with E-state index < -0.39 is 0 Å². The molecular weight excluding hydrogens is 256 g/mol. The van der Waals surface area contributed by atoms with E-state index in [9.17, 15) is 4.79 Å². The highest BCUT2D eigenvalue weighted by Gasteiger charge is 2.32. The predicted octanol–water partition coefficient (Wildman–Crippen LogP) is 2.40. The van der Waals surface area contributed by atoms with Crippen LogP contribution in [-0.2, 0) is 9.53 Å². The number of ether oxygens (including phenoxy) is 2. The summed E-state index contributed by atoms with van der Waals surface area (Å²) in [6, 6.07) is 3.47. The SMILES string of the molecule is COC(=O)C1CCCCN1c1ncccc1OC(C)C. The van der Waals surface area contributed by atoms with Crippen LogP contribution in [-0.4, -0.2) is 36.8 Å². The van der Waals surface area contributed by atoms with Gasteiger partial charge in [0.2, 0.25) is 0 Å². The van der Waals surface area contributed by atoms with Gasteiger partial charge in [0.15, 0.2) is 11.6 Å². The highest BCUT2D eigenvalue weighted by atomic mass is 16.5. The van der Waals surface area contributed by atoms with E-state index in [0.29, 0.717) is 0 Å². The van der Waals surface area contributed by atoms with Crippen LogP contribution in [0.2, 0.25) is 0 Å². The molecule has 0 radical (unpaired) electrons. The van der Waals surface area contributed by atoms with Crippen molar-refractivity contribution in [3.8, 4) is 5.75 Å². The molecule has 20 heavy (non-hydrogen) atoms. The van der Waals surface area contributed by atoms with Crippen molar-refractivity contribution in [3.05, 3.63) is 18.3 Å². The number of carbonyl (C=O) groups excluding carboxylic acids is 1. The fourth-order valence-electron chi connectivity index (χ4n) is 2.51. The maximum Gasteiger partial charge on any atom is 0.328 e. The van der Waals surface area contributed by atoms with Crippen molar-refractivity contribution in [2.24, 2.45) is 0 Å². The lowest BCUT2D eigenvalue weighted by Crippen LogP contribution is -2.46. The molecule has 0 bridgehead atoms. The summed E-state index contributed by atoms with van der Waals surface area (Å²) in [5.74, 6) is 1.25. The number of esters is 1. The minimum absolute atomic E-state index is 0.0688. The Bertz CT molecular complexity index is 462. The van der Waals surface area contributed by atoms with Crippen LogP contribution < -0.4 is 9.64 Å². The number of nitrogens with zero attached hydrogens (tertiary/aromatic N) is 2. The first-order valence-electron chi connectivity index (χ1n) is 7.09. The van der Waals surface area contributed by atoms with Crippen molar-refractivity contribution in [2.45, 2.75) is 45.3 Å². The van der Waals surface area contributed by atoms with Crippen molar-refractivity contribution in [1.82, 2.24) is 4.98 Å². The van der Waals surface area contributed by atoms with Gasteiger partial charge in [0, 0.05) is 12.7 Å². The molecule has 0 spiro atoms. The molecular formula is C15H22N2O3. The van der Waals surface area contributed by atoms with Gasteiger partial charge in [-0.15, -0.1) is 0 Å². The smallest absolute Gasteiger partial charge is 0.328 e. The summed E-state index contributed by atoms with van der Waals surface area (Å²) in [4.78, 5) is 18.4. The first-order valence-corrected chi connectivity index (χ1v) is 7.09. The summed E-state index contributed by atoms with van der Waals surface area (Å²) in [6.07, 6.45) is 4.67. The zero-order valence-corrected chi connectivity index (χ0v) is 12.3. The Labute approximate surface area is 119 Å². The van der Waals surface area contributed by atoms with E-state index >= 15 is 0 Å². The highest BCUT2D eigenvalue weighted by molar-refractivity contribution is 5.80. The quantitative estimate of drug-likeness (QED) is 0.792. The Balaban J connectivity index is 2.30. The standard InChI is InChI=1S/C15H22N2O3/c1-11(2)20-13-8-6-9-16-14(13)17-10-5-4-7-12(17)15(18)19-3/h6,8-9,11-12H,4-5,7,10H2,1-3H3. The van der Waals surface area contributed by atoms with Gasteiger partial charge in [-0.05, 0) is 45.2 Å². The number of anilines is 1. The van der Waals surface area contributed by atoms with Crippen LogP contribution in [0.1, 0.15) is 33.1 Å². The number of carbonyl (C=O) groups is 1. The number of hydrogen-bond donors (Lipinski definition) is 0. The number of pyridine rings is 1. The van der Waals surface area contributed by atoms with Crippen LogP contribution in [0.25, 0.3) is 0 Å². The summed E-state index contributed by atoms with van der Waals surface area (Å²) < 4.78 is 10.7. The second-order valence-electron chi connectivity index (χ2n) is 5.22. The summed E-state index contributed by atoms with van der Waals surface area (Å²) in [7, 11) is 1.43. The Kier molecular flexibility index (Phi) is 4.82. The first kappa shape index (κ1) is 14.6. The largest absolute Gasteiger partial charge is 0.487 e. The Morgan fingerprint density at radius 3 is 2.95 bits per heavy atom. The lowest BCUT2D eigenvalue weighted by molar-refractivity contribution is -0.142. The minimum atomic E-state index is -0.266.